The second-order valence-corrected chi connectivity index (χ2v) is 4.11. The molecule has 0 aliphatic heterocycles. The fraction of sp³-hybridized carbons (Fsp3) is 0.167. The molecular formula is C12H12N2O2S. The van der Waals surface area contributed by atoms with Crippen LogP contribution in [-0.4, -0.2) is 20.6 Å². The third-order valence-electron chi connectivity index (χ3n) is 2.67. The zero-order chi connectivity index (χ0) is 12.4. The molecular weight excluding hydrogens is 236 g/mol. The molecule has 5 heteroatoms. The molecule has 0 amide bonds. The van der Waals surface area contributed by atoms with E-state index in [9.17, 15) is 4.79 Å². The summed E-state index contributed by atoms with van der Waals surface area (Å²) >= 11 is 4.19. The Bertz CT molecular complexity index is 537. The van der Waals surface area contributed by atoms with E-state index >= 15 is 0 Å². The number of carboxylic acid groups (broad SMARTS) is 1. The van der Waals surface area contributed by atoms with Crippen LogP contribution in [-0.2, 0) is 0 Å². The molecule has 1 aromatic heterocycles. The van der Waals surface area contributed by atoms with Crippen molar-refractivity contribution < 1.29 is 9.90 Å². The van der Waals surface area contributed by atoms with Crippen LogP contribution in [0.15, 0.2) is 41.7 Å². The monoisotopic (exact) mass is 248 g/mol. The van der Waals surface area contributed by atoms with Gasteiger partial charge >= 0.3 is 5.97 Å². The maximum Gasteiger partial charge on any atom is 0.354 e. The van der Waals surface area contributed by atoms with Gasteiger partial charge in [-0.1, -0.05) is 30.3 Å². The number of hydrogen-bond donors (Lipinski definition) is 2. The molecule has 0 aliphatic rings. The van der Waals surface area contributed by atoms with E-state index in [0.717, 1.165) is 5.56 Å². The molecule has 1 heterocycles. The topological polar surface area (TPSA) is 55.1 Å². The van der Waals surface area contributed by atoms with E-state index in [2.05, 4.69) is 17.6 Å². The van der Waals surface area contributed by atoms with Gasteiger partial charge in [-0.15, -0.1) is 12.6 Å². The molecule has 0 saturated carbocycles. The maximum absolute atomic E-state index is 11.1. The highest BCUT2D eigenvalue weighted by atomic mass is 32.1. The van der Waals surface area contributed by atoms with E-state index < -0.39 is 5.97 Å². The lowest BCUT2D eigenvalue weighted by Gasteiger charge is -2.16. The lowest BCUT2D eigenvalue weighted by Crippen LogP contribution is -2.14. The first-order valence-electron chi connectivity index (χ1n) is 5.15. The number of nitrogens with zero attached hydrogens (tertiary/aromatic N) is 2. The van der Waals surface area contributed by atoms with Crippen molar-refractivity contribution in [1.29, 1.82) is 0 Å². The number of thiol groups is 1. The van der Waals surface area contributed by atoms with E-state index in [1.54, 1.807) is 4.57 Å². The van der Waals surface area contributed by atoms with Gasteiger partial charge in [0.1, 0.15) is 5.69 Å². The maximum atomic E-state index is 11.1. The number of hydrogen-bond acceptors (Lipinski definition) is 3. The predicted molar refractivity (Wildman–Crippen MR) is 66.7 cm³/mol. The first kappa shape index (κ1) is 11.7. The molecule has 0 bridgehead atoms. The van der Waals surface area contributed by atoms with Crippen LogP contribution >= 0.6 is 12.6 Å². The van der Waals surface area contributed by atoms with Crippen molar-refractivity contribution in [2.75, 3.05) is 0 Å². The average molecular weight is 248 g/mol. The van der Waals surface area contributed by atoms with Crippen LogP contribution in [0.4, 0.5) is 0 Å². The van der Waals surface area contributed by atoms with Gasteiger partial charge in [0.15, 0.2) is 5.16 Å². The van der Waals surface area contributed by atoms with Gasteiger partial charge in [0.25, 0.3) is 0 Å². The highest BCUT2D eigenvalue weighted by Gasteiger charge is 2.19. The Morgan fingerprint density at radius 1 is 1.41 bits per heavy atom. The smallest absolute Gasteiger partial charge is 0.354 e. The number of imidazole rings is 1. The average Bonchev–Trinajstić information content (AvgIpc) is 2.71. The van der Waals surface area contributed by atoms with Crippen LogP contribution in [0.3, 0.4) is 0 Å². The number of aromatic carboxylic acids is 1. The molecule has 1 unspecified atom stereocenters. The predicted octanol–water partition coefficient (Wildman–Crippen LogP) is 2.48. The second-order valence-electron chi connectivity index (χ2n) is 3.71. The van der Waals surface area contributed by atoms with Crippen LogP contribution in [0.1, 0.15) is 29.0 Å². The van der Waals surface area contributed by atoms with Crippen molar-refractivity contribution in [2.24, 2.45) is 0 Å². The minimum absolute atomic E-state index is 0.114. The van der Waals surface area contributed by atoms with E-state index in [-0.39, 0.29) is 11.7 Å². The summed E-state index contributed by atoms with van der Waals surface area (Å²) in [6.45, 7) is 1.92. The Morgan fingerprint density at radius 2 is 2.06 bits per heavy atom. The Balaban J connectivity index is 2.47. The van der Waals surface area contributed by atoms with Gasteiger partial charge in [0, 0.05) is 0 Å². The third kappa shape index (κ3) is 2.19. The van der Waals surface area contributed by atoms with Crippen LogP contribution < -0.4 is 0 Å². The Morgan fingerprint density at radius 3 is 2.65 bits per heavy atom. The fourth-order valence-electron chi connectivity index (χ4n) is 1.77. The van der Waals surface area contributed by atoms with Crippen LogP contribution in [0.25, 0.3) is 0 Å². The first-order valence-corrected chi connectivity index (χ1v) is 5.60. The molecule has 88 valence electrons. The Labute approximate surface area is 104 Å². The summed E-state index contributed by atoms with van der Waals surface area (Å²) in [5.41, 5.74) is 1.16. The fourth-order valence-corrected chi connectivity index (χ4v) is 2.11. The van der Waals surface area contributed by atoms with E-state index in [4.69, 9.17) is 5.11 Å². The summed E-state index contributed by atoms with van der Waals surface area (Å²) in [7, 11) is 0. The number of aromatic nitrogens is 2. The van der Waals surface area contributed by atoms with Gasteiger partial charge in [0.2, 0.25) is 0 Å². The SMILES string of the molecule is CC(c1ccccc1)n1c(C(=O)O)cnc1S. The minimum Gasteiger partial charge on any atom is -0.477 e. The molecule has 1 aromatic carbocycles. The van der Waals surface area contributed by atoms with Crippen molar-refractivity contribution in [3.8, 4) is 0 Å². The largest absolute Gasteiger partial charge is 0.477 e. The standard InChI is InChI=1S/C12H12N2O2S/c1-8(9-5-3-2-4-6-9)14-10(11(15)16)7-13-12(14)17/h2-8H,1H3,(H,13,17)(H,15,16). The van der Waals surface area contributed by atoms with Crippen molar-refractivity contribution in [3.05, 3.63) is 47.8 Å². The summed E-state index contributed by atoms with van der Waals surface area (Å²) in [4.78, 5) is 15.0. The molecule has 17 heavy (non-hydrogen) atoms. The third-order valence-corrected chi connectivity index (χ3v) is 3.00. The Kier molecular flexibility index (Phi) is 3.19. The molecule has 0 aliphatic carbocycles. The van der Waals surface area contributed by atoms with Crippen molar-refractivity contribution in [1.82, 2.24) is 9.55 Å². The molecule has 1 atom stereocenters. The van der Waals surface area contributed by atoms with E-state index in [1.165, 1.54) is 6.20 Å². The van der Waals surface area contributed by atoms with Crippen LogP contribution in [0.5, 0.6) is 0 Å². The molecule has 2 rings (SSSR count). The number of benzene rings is 1. The number of rotatable bonds is 3. The lowest BCUT2D eigenvalue weighted by molar-refractivity contribution is 0.0683. The van der Waals surface area contributed by atoms with E-state index in [0.29, 0.717) is 5.16 Å². The zero-order valence-corrected chi connectivity index (χ0v) is 10.1. The van der Waals surface area contributed by atoms with Crippen molar-refractivity contribution in [3.63, 3.8) is 0 Å². The molecule has 0 radical (unpaired) electrons. The molecule has 4 nitrogen and oxygen atoms in total. The Hall–Kier alpha value is -1.75. The highest BCUT2D eigenvalue weighted by Crippen LogP contribution is 2.23. The number of carboxylic acids is 1. The number of carbonyl (C=O) groups is 1. The summed E-state index contributed by atoms with van der Waals surface area (Å²) in [6.07, 6.45) is 1.32. The van der Waals surface area contributed by atoms with Gasteiger partial charge in [0.05, 0.1) is 12.2 Å². The molecule has 0 fully saturated rings. The van der Waals surface area contributed by atoms with Gasteiger partial charge in [-0.2, -0.15) is 0 Å². The molecule has 1 N–H and O–H groups in total. The second kappa shape index (κ2) is 4.63. The molecule has 2 aromatic rings. The summed E-state index contributed by atoms with van der Waals surface area (Å²) in [5, 5.41) is 9.48. The van der Waals surface area contributed by atoms with Gasteiger partial charge in [-0.25, -0.2) is 9.78 Å². The molecule has 0 spiro atoms. The highest BCUT2D eigenvalue weighted by molar-refractivity contribution is 7.80. The van der Waals surface area contributed by atoms with E-state index in [1.807, 2.05) is 37.3 Å². The zero-order valence-electron chi connectivity index (χ0n) is 9.24. The quantitative estimate of drug-likeness (QED) is 0.820. The van der Waals surface area contributed by atoms with Gasteiger partial charge < -0.3 is 9.67 Å². The van der Waals surface area contributed by atoms with Gasteiger partial charge in [-0.3, -0.25) is 0 Å². The normalized spacial score (nSPS) is 12.4. The van der Waals surface area contributed by atoms with Crippen molar-refractivity contribution in [2.45, 2.75) is 18.1 Å². The van der Waals surface area contributed by atoms with Crippen LogP contribution in [0.2, 0.25) is 0 Å². The van der Waals surface area contributed by atoms with Gasteiger partial charge in [-0.05, 0) is 12.5 Å². The summed E-state index contributed by atoms with van der Waals surface area (Å²) < 4.78 is 1.60. The summed E-state index contributed by atoms with van der Waals surface area (Å²) in [6, 6.07) is 9.54. The van der Waals surface area contributed by atoms with Crippen LogP contribution in [0, 0.1) is 0 Å². The minimum atomic E-state index is -0.999. The first-order chi connectivity index (χ1) is 8.11. The molecule has 0 saturated heterocycles. The van der Waals surface area contributed by atoms with Crippen molar-refractivity contribution >= 4 is 18.6 Å². The summed E-state index contributed by atoms with van der Waals surface area (Å²) in [5.74, 6) is -0.999. The lowest BCUT2D eigenvalue weighted by atomic mass is 10.1.